The highest BCUT2D eigenvalue weighted by atomic mass is 32.2. The summed E-state index contributed by atoms with van der Waals surface area (Å²) in [5, 5.41) is 0. The van der Waals surface area contributed by atoms with Crippen LogP contribution in [0.2, 0.25) is 0 Å². The molecule has 0 saturated heterocycles. The molecule has 0 bridgehead atoms. The molecule has 1 aliphatic rings. The largest absolute Gasteiger partial charge is 0.493 e. The van der Waals surface area contributed by atoms with Crippen molar-refractivity contribution >= 4 is 9.84 Å². The van der Waals surface area contributed by atoms with Crippen molar-refractivity contribution in [2.24, 2.45) is 0 Å². The van der Waals surface area contributed by atoms with Gasteiger partial charge in [0.25, 0.3) is 0 Å². The van der Waals surface area contributed by atoms with Gasteiger partial charge in [-0.3, -0.25) is 0 Å². The Kier molecular flexibility index (Phi) is 8.77. The van der Waals surface area contributed by atoms with E-state index < -0.39 is 9.84 Å². The van der Waals surface area contributed by atoms with Crippen LogP contribution >= 0.6 is 0 Å². The minimum Gasteiger partial charge on any atom is -0.493 e. The molecule has 3 atom stereocenters. The van der Waals surface area contributed by atoms with Crippen molar-refractivity contribution in [3.05, 3.63) is 35.4 Å². The zero-order valence-corrected chi connectivity index (χ0v) is 22.4. The van der Waals surface area contributed by atoms with Crippen molar-refractivity contribution in [2.45, 2.75) is 49.0 Å². The van der Waals surface area contributed by atoms with E-state index in [0.717, 1.165) is 30.4 Å². The van der Waals surface area contributed by atoms with E-state index in [1.165, 1.54) is 13.4 Å². The van der Waals surface area contributed by atoms with Crippen LogP contribution in [-0.4, -0.2) is 62.9 Å². The first kappa shape index (κ1) is 26.9. The summed E-state index contributed by atoms with van der Waals surface area (Å²) < 4.78 is 59.3. The fraction of sp³-hybridized carbons (Fsp3) is 0.538. The Morgan fingerprint density at radius 3 is 1.66 bits per heavy atom. The van der Waals surface area contributed by atoms with E-state index in [9.17, 15) is 8.42 Å². The third-order valence-electron chi connectivity index (χ3n) is 6.51. The summed E-state index contributed by atoms with van der Waals surface area (Å²) in [4.78, 5) is 0.131. The van der Waals surface area contributed by atoms with Crippen LogP contribution in [0.25, 0.3) is 0 Å². The highest BCUT2D eigenvalue weighted by molar-refractivity contribution is 7.90. The van der Waals surface area contributed by atoms with E-state index >= 15 is 0 Å². The first-order valence-electron chi connectivity index (χ1n) is 11.6. The van der Waals surface area contributed by atoms with Crippen LogP contribution in [0.4, 0.5) is 0 Å². The van der Waals surface area contributed by atoms with Gasteiger partial charge in [0, 0.05) is 25.2 Å². The summed E-state index contributed by atoms with van der Waals surface area (Å²) in [6.45, 7) is 2.36. The van der Waals surface area contributed by atoms with E-state index in [1.807, 2.05) is 25.1 Å². The van der Waals surface area contributed by atoms with Crippen LogP contribution in [0.3, 0.4) is 0 Å². The van der Waals surface area contributed by atoms with Gasteiger partial charge in [0.1, 0.15) is 4.90 Å². The van der Waals surface area contributed by atoms with Crippen LogP contribution < -0.4 is 23.7 Å². The number of methoxy groups -OCH3 is 5. The fourth-order valence-electron chi connectivity index (χ4n) is 4.91. The average Bonchev–Trinajstić information content (AvgIpc) is 3.29. The van der Waals surface area contributed by atoms with Crippen molar-refractivity contribution in [1.29, 1.82) is 0 Å². The lowest BCUT2D eigenvalue weighted by Crippen LogP contribution is -2.22. The van der Waals surface area contributed by atoms with Gasteiger partial charge in [-0.15, -0.1) is 0 Å². The SMILES string of the molecule is CCCOc1c(OC)cc(C2CCC(c3cc(OC)c(OC)c(OC)c3)C2OC)cc1S(C)(=O)=O. The van der Waals surface area contributed by atoms with Gasteiger partial charge in [-0.1, -0.05) is 6.92 Å². The molecule has 9 heteroatoms. The maximum absolute atomic E-state index is 12.7. The van der Waals surface area contributed by atoms with Gasteiger partial charge >= 0.3 is 0 Å². The topological polar surface area (TPSA) is 89.5 Å². The molecular weight excluding hydrogens is 472 g/mol. The molecule has 1 saturated carbocycles. The standard InChI is InChI=1S/C26H36O8S/c1-8-11-34-26-22(31-4)14-17(15-23(26)35(7,27)28)19-10-9-18(24(19)32-5)16-12-20(29-2)25(33-6)21(13-16)30-3/h12-15,18-19,24H,8-11H2,1-7H3. The number of hydrogen-bond acceptors (Lipinski definition) is 8. The maximum atomic E-state index is 12.7. The second kappa shape index (κ2) is 11.4. The number of hydrogen-bond donors (Lipinski definition) is 0. The van der Waals surface area contributed by atoms with Gasteiger partial charge in [0.2, 0.25) is 5.75 Å². The molecule has 2 aromatic rings. The zero-order valence-electron chi connectivity index (χ0n) is 21.5. The predicted molar refractivity (Wildman–Crippen MR) is 134 cm³/mol. The minimum atomic E-state index is -3.56. The Hall–Kier alpha value is -2.65. The smallest absolute Gasteiger partial charge is 0.203 e. The molecule has 35 heavy (non-hydrogen) atoms. The molecule has 0 N–H and O–H groups in total. The lowest BCUT2D eigenvalue weighted by molar-refractivity contribution is 0.0804. The highest BCUT2D eigenvalue weighted by Gasteiger charge is 2.40. The van der Waals surface area contributed by atoms with Gasteiger partial charge in [-0.25, -0.2) is 8.42 Å². The number of benzene rings is 2. The molecule has 0 aliphatic heterocycles. The Bertz CT molecular complexity index is 1100. The van der Waals surface area contributed by atoms with E-state index in [1.54, 1.807) is 34.5 Å². The zero-order chi connectivity index (χ0) is 25.8. The summed E-state index contributed by atoms with van der Waals surface area (Å²) >= 11 is 0. The lowest BCUT2D eigenvalue weighted by atomic mass is 9.89. The van der Waals surface area contributed by atoms with Crippen LogP contribution in [0.15, 0.2) is 29.2 Å². The monoisotopic (exact) mass is 508 g/mol. The van der Waals surface area contributed by atoms with Gasteiger partial charge in [0.05, 0.1) is 41.2 Å². The summed E-state index contributed by atoms with van der Waals surface area (Å²) in [5.41, 5.74) is 1.85. The van der Waals surface area contributed by atoms with Crippen molar-refractivity contribution in [2.75, 3.05) is 48.4 Å². The Balaban J connectivity index is 2.07. The lowest BCUT2D eigenvalue weighted by Gasteiger charge is -2.26. The summed E-state index contributed by atoms with van der Waals surface area (Å²) in [5.74, 6) is 2.36. The second-order valence-corrected chi connectivity index (χ2v) is 10.6. The average molecular weight is 509 g/mol. The molecule has 0 spiro atoms. The van der Waals surface area contributed by atoms with Gasteiger partial charge < -0.3 is 28.4 Å². The summed E-state index contributed by atoms with van der Waals surface area (Å²) in [6, 6.07) is 7.47. The molecule has 1 fully saturated rings. The van der Waals surface area contributed by atoms with Crippen molar-refractivity contribution in [3.8, 4) is 28.7 Å². The Labute approximate surface area is 208 Å². The molecule has 2 aromatic carbocycles. The molecule has 8 nitrogen and oxygen atoms in total. The van der Waals surface area contributed by atoms with Crippen LogP contribution in [0.5, 0.6) is 28.7 Å². The van der Waals surface area contributed by atoms with E-state index in [-0.39, 0.29) is 28.6 Å². The molecule has 3 rings (SSSR count). The molecule has 3 unspecified atom stereocenters. The minimum absolute atomic E-state index is 0.0429. The highest BCUT2D eigenvalue weighted by Crippen LogP contribution is 2.50. The van der Waals surface area contributed by atoms with Crippen molar-refractivity contribution in [1.82, 2.24) is 0 Å². The Morgan fingerprint density at radius 1 is 0.771 bits per heavy atom. The van der Waals surface area contributed by atoms with Crippen LogP contribution in [0.1, 0.15) is 49.1 Å². The third-order valence-corrected chi connectivity index (χ3v) is 7.61. The van der Waals surface area contributed by atoms with Gasteiger partial charge in [-0.2, -0.15) is 0 Å². The fourth-order valence-corrected chi connectivity index (χ4v) is 5.76. The molecule has 0 aromatic heterocycles. The van der Waals surface area contributed by atoms with Gasteiger partial charge in [0.15, 0.2) is 32.8 Å². The molecular formula is C26H36O8S. The normalized spacial score (nSPS) is 19.9. The third kappa shape index (κ3) is 5.46. The van der Waals surface area contributed by atoms with E-state index in [4.69, 9.17) is 28.4 Å². The quantitative estimate of drug-likeness (QED) is 0.435. The molecule has 1 aliphatic carbocycles. The second-order valence-electron chi connectivity index (χ2n) is 8.62. The number of sulfone groups is 1. The number of rotatable bonds is 11. The molecule has 0 heterocycles. The molecule has 0 amide bonds. The Morgan fingerprint density at radius 2 is 1.26 bits per heavy atom. The van der Waals surface area contributed by atoms with Crippen LogP contribution in [0, 0.1) is 0 Å². The molecule has 0 radical (unpaired) electrons. The van der Waals surface area contributed by atoms with E-state index in [0.29, 0.717) is 29.6 Å². The summed E-state index contributed by atoms with van der Waals surface area (Å²) in [6.07, 6.45) is 3.38. The molecule has 194 valence electrons. The van der Waals surface area contributed by atoms with Gasteiger partial charge in [-0.05, 0) is 54.7 Å². The summed E-state index contributed by atoms with van der Waals surface area (Å²) in [7, 11) is 4.40. The first-order valence-corrected chi connectivity index (χ1v) is 13.5. The van der Waals surface area contributed by atoms with E-state index in [2.05, 4.69) is 0 Å². The first-order chi connectivity index (χ1) is 16.7. The van der Waals surface area contributed by atoms with Crippen molar-refractivity contribution in [3.63, 3.8) is 0 Å². The maximum Gasteiger partial charge on any atom is 0.203 e. The predicted octanol–water partition coefficient (Wildman–Crippen LogP) is 4.59. The van der Waals surface area contributed by atoms with Crippen LogP contribution in [-0.2, 0) is 14.6 Å². The number of ether oxygens (including phenoxy) is 6. The van der Waals surface area contributed by atoms with Crippen molar-refractivity contribution < 1.29 is 36.8 Å².